The zero-order chi connectivity index (χ0) is 30.4. The summed E-state index contributed by atoms with van der Waals surface area (Å²) in [5, 5.41) is 15.7. The van der Waals surface area contributed by atoms with Crippen LogP contribution in [0.3, 0.4) is 0 Å². The zero-order valence-corrected chi connectivity index (χ0v) is 22.3. The summed E-state index contributed by atoms with van der Waals surface area (Å²) < 4.78 is 88.5. The average Bonchev–Trinajstić information content (AvgIpc) is 3.56. The number of anilines is 2. The van der Waals surface area contributed by atoms with Crippen molar-refractivity contribution in [1.29, 1.82) is 0 Å². The smallest absolute Gasteiger partial charge is 0.435 e. The lowest BCUT2D eigenvalue weighted by Gasteiger charge is -2.39. The van der Waals surface area contributed by atoms with Gasteiger partial charge in [-0.15, -0.1) is 0 Å². The van der Waals surface area contributed by atoms with Crippen LogP contribution >= 0.6 is 11.6 Å². The number of benzene rings is 1. The number of hydrogen-bond acceptors (Lipinski definition) is 8. The second kappa shape index (κ2) is 10.8. The molecular formula is C25H24ClF6N7O3. The van der Waals surface area contributed by atoms with Crippen molar-refractivity contribution < 1.29 is 41.0 Å². The molecule has 17 heteroatoms. The fourth-order valence-corrected chi connectivity index (χ4v) is 5.48. The lowest BCUT2D eigenvalue weighted by molar-refractivity contribution is -0.198. The number of alkyl halides is 6. The monoisotopic (exact) mass is 619 g/mol. The molecule has 0 amide bonds. The minimum atomic E-state index is -5.05. The van der Waals surface area contributed by atoms with Crippen LogP contribution in [0.15, 0.2) is 36.5 Å². The Balaban J connectivity index is 1.41. The lowest BCUT2D eigenvalue weighted by atomic mass is 9.76. The minimum absolute atomic E-state index is 0.0395. The van der Waals surface area contributed by atoms with Crippen LogP contribution in [0.5, 0.6) is 5.88 Å². The summed E-state index contributed by atoms with van der Waals surface area (Å²) in [4.78, 5) is 21.1. The molecule has 0 radical (unpaired) electrons. The Labute approximate surface area is 239 Å². The first-order chi connectivity index (χ1) is 19.6. The Bertz CT molecular complexity index is 1470. The first-order valence-electron chi connectivity index (χ1n) is 12.7. The van der Waals surface area contributed by atoms with Crippen molar-refractivity contribution in [2.24, 2.45) is 5.41 Å². The Morgan fingerprint density at radius 2 is 1.86 bits per heavy atom. The molecule has 2 atom stereocenters. The molecule has 2 aliphatic rings. The van der Waals surface area contributed by atoms with E-state index in [2.05, 4.69) is 20.4 Å². The summed E-state index contributed by atoms with van der Waals surface area (Å²) in [7, 11) is 0. The van der Waals surface area contributed by atoms with Crippen LogP contribution in [0.1, 0.15) is 36.6 Å². The van der Waals surface area contributed by atoms with Crippen LogP contribution in [-0.4, -0.2) is 62.7 Å². The number of nitrogen functional groups attached to an aromatic ring is 1. The molecule has 0 aliphatic carbocycles. The standard InChI is InChI=1S/C25H24ClF6N7O3/c26-13-1-2-14(16(9-13)39-6-3-17(37-39)24(27,28)29)20(25(30,31)32)42-19-10-18(35-22(33)36-19)38-7-4-23(5-8-38)11-15(21(40)41)34-12-23/h1-3,6,9-10,15,20,34H,4-5,7-8,11-12H2,(H,40,41)(H2,33,35,36)/t15-,20?/m0/s1. The van der Waals surface area contributed by atoms with Crippen molar-refractivity contribution in [2.45, 2.75) is 43.8 Å². The highest BCUT2D eigenvalue weighted by atomic mass is 35.5. The van der Waals surface area contributed by atoms with Crippen LogP contribution in [-0.2, 0) is 11.0 Å². The van der Waals surface area contributed by atoms with Crippen LogP contribution < -0.4 is 20.7 Å². The molecule has 3 aromatic rings. The molecule has 5 rings (SSSR count). The molecular weight excluding hydrogens is 596 g/mol. The van der Waals surface area contributed by atoms with Gasteiger partial charge in [0, 0.05) is 42.5 Å². The van der Waals surface area contributed by atoms with Crippen LogP contribution in [0.25, 0.3) is 5.69 Å². The first-order valence-corrected chi connectivity index (χ1v) is 13.0. The fraction of sp³-hybridized carbons (Fsp3) is 0.440. The van der Waals surface area contributed by atoms with Crippen LogP contribution in [0.4, 0.5) is 38.1 Å². The Hall–Kier alpha value is -3.79. The first kappa shape index (κ1) is 29.7. The van der Waals surface area contributed by atoms with E-state index in [0.29, 0.717) is 49.6 Å². The number of nitrogens with zero attached hydrogens (tertiary/aromatic N) is 5. The van der Waals surface area contributed by atoms with Gasteiger partial charge < -0.3 is 25.8 Å². The summed E-state index contributed by atoms with van der Waals surface area (Å²) in [5.74, 6) is -1.57. The van der Waals surface area contributed by atoms with Crippen molar-refractivity contribution in [3.05, 3.63) is 52.8 Å². The molecule has 0 bridgehead atoms. The summed E-state index contributed by atoms with van der Waals surface area (Å²) in [6.07, 6.45) is -9.98. The number of nitrogens with two attached hydrogens (primary N) is 1. The topological polar surface area (TPSA) is 131 Å². The van der Waals surface area contributed by atoms with Crippen molar-refractivity contribution in [2.75, 3.05) is 30.3 Å². The average molecular weight is 620 g/mol. The maximum Gasteiger partial charge on any atom is 0.435 e. The molecule has 1 aromatic carbocycles. The number of carbonyl (C=O) groups is 1. The van der Waals surface area contributed by atoms with Crippen molar-refractivity contribution in [3.8, 4) is 11.6 Å². The van der Waals surface area contributed by atoms with Crippen molar-refractivity contribution >= 4 is 29.3 Å². The number of nitrogens with one attached hydrogen (secondary N) is 1. The van der Waals surface area contributed by atoms with Gasteiger partial charge in [-0.25, -0.2) is 4.68 Å². The highest BCUT2D eigenvalue weighted by Gasteiger charge is 2.46. The van der Waals surface area contributed by atoms with Crippen LogP contribution in [0.2, 0.25) is 5.02 Å². The predicted octanol–water partition coefficient (Wildman–Crippen LogP) is 4.63. The molecule has 1 spiro atoms. The number of piperidine rings is 1. The SMILES string of the molecule is Nc1nc(OC(c2ccc(Cl)cc2-n2ccc(C(F)(F)F)n2)C(F)(F)F)cc(N2CCC3(CC2)CN[C@H](C(=O)O)C3)n1. The predicted molar refractivity (Wildman–Crippen MR) is 137 cm³/mol. The summed E-state index contributed by atoms with van der Waals surface area (Å²) in [6, 6.07) is 4.36. The largest absolute Gasteiger partial charge is 0.480 e. The molecule has 1 unspecified atom stereocenters. The maximum absolute atomic E-state index is 14.4. The van der Waals surface area contributed by atoms with Gasteiger partial charge in [-0.05, 0) is 42.9 Å². The van der Waals surface area contributed by atoms with E-state index in [0.717, 1.165) is 24.4 Å². The number of hydrogen-bond donors (Lipinski definition) is 3. The summed E-state index contributed by atoms with van der Waals surface area (Å²) in [6.45, 7) is 1.42. The van der Waals surface area contributed by atoms with E-state index >= 15 is 0 Å². The summed E-state index contributed by atoms with van der Waals surface area (Å²) >= 11 is 5.98. The Kier molecular flexibility index (Phi) is 7.64. The number of aliphatic carboxylic acids is 1. The molecule has 2 aliphatic heterocycles. The van der Waals surface area contributed by atoms with Gasteiger partial charge >= 0.3 is 18.3 Å². The third kappa shape index (κ3) is 6.18. The van der Waals surface area contributed by atoms with Gasteiger partial charge in [0.2, 0.25) is 17.9 Å². The number of carboxylic acids is 1. The number of aromatic nitrogens is 4. The minimum Gasteiger partial charge on any atom is -0.480 e. The van der Waals surface area contributed by atoms with Gasteiger partial charge in [0.05, 0.1) is 5.69 Å². The van der Waals surface area contributed by atoms with E-state index in [4.69, 9.17) is 22.1 Å². The Morgan fingerprint density at radius 1 is 1.14 bits per heavy atom. The number of ether oxygens (including phenoxy) is 1. The molecule has 2 aromatic heterocycles. The van der Waals surface area contributed by atoms with Gasteiger partial charge in [0.15, 0.2) is 5.69 Å². The second-order valence-electron chi connectivity index (χ2n) is 10.3. The molecule has 226 valence electrons. The van der Waals surface area contributed by atoms with Gasteiger partial charge in [0.1, 0.15) is 11.9 Å². The van der Waals surface area contributed by atoms with Gasteiger partial charge in [-0.2, -0.15) is 41.4 Å². The fourth-order valence-electron chi connectivity index (χ4n) is 5.31. The van der Waals surface area contributed by atoms with Gasteiger partial charge in [-0.3, -0.25) is 4.79 Å². The van der Waals surface area contributed by atoms with Crippen molar-refractivity contribution in [3.63, 3.8) is 0 Å². The normalized spacial score (nSPS) is 19.7. The number of carboxylic acid groups (broad SMARTS) is 1. The third-order valence-electron chi connectivity index (χ3n) is 7.45. The zero-order valence-electron chi connectivity index (χ0n) is 21.6. The maximum atomic E-state index is 14.4. The van der Waals surface area contributed by atoms with E-state index in [9.17, 15) is 36.2 Å². The van der Waals surface area contributed by atoms with E-state index in [-0.39, 0.29) is 27.9 Å². The Morgan fingerprint density at radius 3 is 2.45 bits per heavy atom. The van der Waals surface area contributed by atoms with E-state index in [1.807, 2.05) is 0 Å². The molecule has 2 saturated heterocycles. The molecule has 4 N–H and O–H groups in total. The quantitative estimate of drug-likeness (QED) is 0.338. The third-order valence-corrected chi connectivity index (χ3v) is 7.69. The van der Waals surface area contributed by atoms with Crippen LogP contribution in [0, 0.1) is 5.41 Å². The molecule has 10 nitrogen and oxygen atoms in total. The molecule has 42 heavy (non-hydrogen) atoms. The second-order valence-corrected chi connectivity index (χ2v) is 10.7. The number of rotatable bonds is 6. The van der Waals surface area contributed by atoms with E-state index in [1.165, 1.54) is 6.07 Å². The van der Waals surface area contributed by atoms with E-state index in [1.54, 1.807) is 4.90 Å². The van der Waals surface area contributed by atoms with Crippen molar-refractivity contribution in [1.82, 2.24) is 25.1 Å². The van der Waals surface area contributed by atoms with E-state index < -0.39 is 47.6 Å². The highest BCUT2D eigenvalue weighted by molar-refractivity contribution is 6.30. The molecule has 2 fully saturated rings. The van der Waals surface area contributed by atoms with Gasteiger partial charge in [0.25, 0.3) is 0 Å². The summed E-state index contributed by atoms with van der Waals surface area (Å²) in [5.41, 5.74) is 3.35. The lowest BCUT2D eigenvalue weighted by Crippen LogP contribution is -2.41. The number of halogens is 7. The molecule has 0 saturated carbocycles. The van der Waals surface area contributed by atoms with Gasteiger partial charge in [-0.1, -0.05) is 17.7 Å². The highest BCUT2D eigenvalue weighted by Crippen LogP contribution is 2.42. The molecule has 4 heterocycles.